The fourth-order valence-corrected chi connectivity index (χ4v) is 1.74. The van der Waals surface area contributed by atoms with E-state index in [4.69, 9.17) is 0 Å². The van der Waals surface area contributed by atoms with Crippen LogP contribution in [-0.4, -0.2) is 6.21 Å². The highest BCUT2D eigenvalue weighted by molar-refractivity contribution is 5.70. The number of aliphatic imine (C=N–C) groups is 1. The Morgan fingerprint density at radius 3 is 3.08 bits per heavy atom. The van der Waals surface area contributed by atoms with Gasteiger partial charge in [-0.3, -0.25) is 4.99 Å². The molecule has 0 bridgehead atoms. The van der Waals surface area contributed by atoms with Gasteiger partial charge in [0.2, 0.25) is 0 Å². The smallest absolute Gasteiger partial charge is 0.0660 e. The van der Waals surface area contributed by atoms with Crippen LogP contribution in [0.5, 0.6) is 0 Å². The first-order chi connectivity index (χ1) is 5.92. The van der Waals surface area contributed by atoms with Crippen molar-refractivity contribution in [2.75, 3.05) is 0 Å². The van der Waals surface area contributed by atoms with E-state index < -0.39 is 0 Å². The van der Waals surface area contributed by atoms with Gasteiger partial charge in [-0.2, -0.15) is 0 Å². The molecule has 1 atom stereocenters. The zero-order chi connectivity index (χ0) is 8.39. The molecule has 1 aliphatic rings. The summed E-state index contributed by atoms with van der Waals surface area (Å²) in [5.74, 6) is 0.693. The number of para-hydroxylation sites is 1. The van der Waals surface area contributed by atoms with Crippen molar-refractivity contribution >= 4 is 11.9 Å². The van der Waals surface area contributed by atoms with Crippen LogP contribution in [0.1, 0.15) is 31.2 Å². The van der Waals surface area contributed by atoms with Crippen molar-refractivity contribution in [1.29, 1.82) is 0 Å². The van der Waals surface area contributed by atoms with Crippen LogP contribution >= 0.6 is 0 Å². The largest absolute Gasteiger partial charge is 0.261 e. The summed E-state index contributed by atoms with van der Waals surface area (Å²) >= 11 is 0. The highest BCUT2D eigenvalue weighted by Gasteiger charge is 2.14. The highest BCUT2D eigenvalue weighted by atomic mass is 14.7. The molecule has 0 aliphatic carbocycles. The lowest BCUT2D eigenvalue weighted by Crippen LogP contribution is -2.02. The first-order valence-electron chi connectivity index (χ1n) is 4.53. The first kappa shape index (κ1) is 7.53. The van der Waals surface area contributed by atoms with Gasteiger partial charge in [-0.25, -0.2) is 0 Å². The van der Waals surface area contributed by atoms with E-state index in [0.717, 1.165) is 12.1 Å². The average Bonchev–Trinajstić information content (AvgIpc) is 2.17. The van der Waals surface area contributed by atoms with Crippen molar-refractivity contribution in [3.05, 3.63) is 29.8 Å². The van der Waals surface area contributed by atoms with Gasteiger partial charge in [0, 0.05) is 6.21 Å². The van der Waals surface area contributed by atoms with Crippen molar-refractivity contribution in [3.63, 3.8) is 0 Å². The molecule has 1 aliphatic heterocycles. The number of rotatable bonds is 1. The SMILES string of the molecule is CCC1CC=Nc2ccccc21. The minimum Gasteiger partial charge on any atom is -0.261 e. The van der Waals surface area contributed by atoms with Crippen LogP contribution in [0.2, 0.25) is 0 Å². The fourth-order valence-electron chi connectivity index (χ4n) is 1.74. The standard InChI is InChI=1S/C11H13N/c1-2-9-7-8-12-11-6-4-3-5-10(9)11/h3-6,8-9H,2,7H2,1H3. The molecule has 2 rings (SSSR count). The molecular weight excluding hydrogens is 146 g/mol. The number of hydrogen-bond donors (Lipinski definition) is 0. The number of hydrogen-bond acceptors (Lipinski definition) is 1. The Morgan fingerprint density at radius 1 is 1.42 bits per heavy atom. The average molecular weight is 159 g/mol. The van der Waals surface area contributed by atoms with Crippen molar-refractivity contribution in [1.82, 2.24) is 0 Å². The van der Waals surface area contributed by atoms with E-state index in [1.165, 1.54) is 12.0 Å². The zero-order valence-corrected chi connectivity index (χ0v) is 7.33. The van der Waals surface area contributed by atoms with E-state index in [0.29, 0.717) is 5.92 Å². The van der Waals surface area contributed by atoms with Crippen LogP contribution in [0.3, 0.4) is 0 Å². The van der Waals surface area contributed by atoms with Gasteiger partial charge in [-0.1, -0.05) is 25.1 Å². The molecule has 0 spiro atoms. The van der Waals surface area contributed by atoms with E-state index in [2.05, 4.69) is 30.1 Å². The predicted molar refractivity (Wildman–Crippen MR) is 52.2 cm³/mol. The molecule has 1 unspecified atom stereocenters. The third-order valence-corrected chi connectivity index (χ3v) is 2.49. The Kier molecular flexibility index (Phi) is 1.94. The quantitative estimate of drug-likeness (QED) is 0.596. The number of benzene rings is 1. The van der Waals surface area contributed by atoms with Gasteiger partial charge in [-0.15, -0.1) is 0 Å². The molecule has 12 heavy (non-hydrogen) atoms. The normalized spacial score (nSPS) is 20.6. The van der Waals surface area contributed by atoms with Crippen LogP contribution in [-0.2, 0) is 0 Å². The molecular formula is C11H13N. The highest BCUT2D eigenvalue weighted by Crippen LogP contribution is 2.33. The van der Waals surface area contributed by atoms with E-state index in [1.54, 1.807) is 0 Å². The van der Waals surface area contributed by atoms with Crippen LogP contribution in [0.15, 0.2) is 29.3 Å². The minimum absolute atomic E-state index is 0.693. The Balaban J connectivity index is 2.45. The Hall–Kier alpha value is -1.11. The fraction of sp³-hybridized carbons (Fsp3) is 0.364. The monoisotopic (exact) mass is 159 g/mol. The van der Waals surface area contributed by atoms with Crippen LogP contribution < -0.4 is 0 Å². The summed E-state index contributed by atoms with van der Waals surface area (Å²) in [6.45, 7) is 2.24. The third kappa shape index (κ3) is 1.15. The molecule has 1 aromatic rings. The van der Waals surface area contributed by atoms with Gasteiger partial charge in [0.1, 0.15) is 0 Å². The second kappa shape index (κ2) is 3.10. The summed E-state index contributed by atoms with van der Waals surface area (Å²) in [7, 11) is 0. The first-order valence-corrected chi connectivity index (χ1v) is 4.53. The second-order valence-corrected chi connectivity index (χ2v) is 3.21. The molecule has 0 aromatic heterocycles. The lowest BCUT2D eigenvalue weighted by Gasteiger charge is -2.18. The van der Waals surface area contributed by atoms with Gasteiger partial charge < -0.3 is 0 Å². The van der Waals surface area contributed by atoms with Crippen molar-refractivity contribution in [2.24, 2.45) is 4.99 Å². The van der Waals surface area contributed by atoms with Crippen molar-refractivity contribution in [3.8, 4) is 0 Å². The Morgan fingerprint density at radius 2 is 2.25 bits per heavy atom. The molecule has 0 saturated carbocycles. The summed E-state index contributed by atoms with van der Waals surface area (Å²) in [5, 5.41) is 0. The summed E-state index contributed by atoms with van der Waals surface area (Å²) < 4.78 is 0. The Labute approximate surface area is 73.1 Å². The molecule has 62 valence electrons. The van der Waals surface area contributed by atoms with E-state index >= 15 is 0 Å². The van der Waals surface area contributed by atoms with Gasteiger partial charge in [0.15, 0.2) is 0 Å². The van der Waals surface area contributed by atoms with E-state index in [9.17, 15) is 0 Å². The number of nitrogens with zero attached hydrogens (tertiary/aromatic N) is 1. The lowest BCUT2D eigenvalue weighted by molar-refractivity contribution is 0.690. The maximum absolute atomic E-state index is 4.37. The maximum Gasteiger partial charge on any atom is 0.0660 e. The topological polar surface area (TPSA) is 12.4 Å². The van der Waals surface area contributed by atoms with Gasteiger partial charge >= 0.3 is 0 Å². The molecule has 1 aromatic carbocycles. The van der Waals surface area contributed by atoms with Crippen LogP contribution in [0.25, 0.3) is 0 Å². The molecule has 0 amide bonds. The molecule has 1 heterocycles. The van der Waals surface area contributed by atoms with Gasteiger partial charge in [-0.05, 0) is 30.4 Å². The van der Waals surface area contributed by atoms with E-state index in [-0.39, 0.29) is 0 Å². The summed E-state index contributed by atoms with van der Waals surface area (Å²) in [6.07, 6.45) is 4.35. The second-order valence-electron chi connectivity index (χ2n) is 3.21. The molecule has 0 N–H and O–H groups in total. The van der Waals surface area contributed by atoms with Crippen molar-refractivity contribution < 1.29 is 0 Å². The lowest BCUT2D eigenvalue weighted by atomic mass is 9.91. The summed E-state index contributed by atoms with van der Waals surface area (Å²) in [4.78, 5) is 4.37. The van der Waals surface area contributed by atoms with Crippen molar-refractivity contribution in [2.45, 2.75) is 25.7 Å². The third-order valence-electron chi connectivity index (χ3n) is 2.49. The maximum atomic E-state index is 4.37. The zero-order valence-electron chi connectivity index (χ0n) is 7.33. The number of fused-ring (bicyclic) bond motifs is 1. The molecule has 1 nitrogen and oxygen atoms in total. The molecule has 0 radical (unpaired) electrons. The van der Waals surface area contributed by atoms with Gasteiger partial charge in [0.05, 0.1) is 5.69 Å². The predicted octanol–water partition coefficient (Wildman–Crippen LogP) is 3.29. The summed E-state index contributed by atoms with van der Waals surface area (Å²) in [5.41, 5.74) is 2.58. The van der Waals surface area contributed by atoms with Crippen LogP contribution in [0, 0.1) is 0 Å². The molecule has 1 heteroatoms. The molecule has 0 fully saturated rings. The van der Waals surface area contributed by atoms with E-state index in [1.807, 2.05) is 12.3 Å². The minimum atomic E-state index is 0.693. The van der Waals surface area contributed by atoms with Gasteiger partial charge in [0.25, 0.3) is 0 Å². The Bertz CT molecular complexity index is 302. The summed E-state index contributed by atoms with van der Waals surface area (Å²) in [6, 6.07) is 8.43. The van der Waals surface area contributed by atoms with Crippen LogP contribution in [0.4, 0.5) is 5.69 Å². The molecule has 0 saturated heterocycles.